The van der Waals surface area contributed by atoms with E-state index in [0.29, 0.717) is 5.56 Å². The summed E-state index contributed by atoms with van der Waals surface area (Å²) in [6.45, 7) is 0.239. The number of benzene rings is 1. The molecule has 4 nitrogen and oxygen atoms in total. The second-order valence-corrected chi connectivity index (χ2v) is 3.28. The van der Waals surface area contributed by atoms with Gasteiger partial charge < -0.3 is 15.5 Å². The zero-order valence-electron chi connectivity index (χ0n) is 8.41. The number of H-pyrrole nitrogens is 1. The Morgan fingerprint density at radius 3 is 2.87 bits per heavy atom. The van der Waals surface area contributed by atoms with Crippen molar-refractivity contribution in [1.29, 1.82) is 0 Å². The number of pyridine rings is 1. The van der Waals surface area contributed by atoms with E-state index in [1.807, 2.05) is 12.1 Å². The third-order valence-corrected chi connectivity index (χ3v) is 2.35. The fourth-order valence-corrected chi connectivity index (χ4v) is 1.51. The van der Waals surface area contributed by atoms with Gasteiger partial charge in [0.15, 0.2) is 0 Å². The topological polar surface area (TPSA) is 68.1 Å². The molecular formula is C11H12N2O2. The highest BCUT2D eigenvalue weighted by atomic mass is 16.5. The smallest absolute Gasteiger partial charge is 0.252 e. The van der Waals surface area contributed by atoms with Crippen LogP contribution in [0.4, 0.5) is 0 Å². The summed E-state index contributed by atoms with van der Waals surface area (Å²) in [7, 11) is 1.61. The van der Waals surface area contributed by atoms with Gasteiger partial charge in [-0.2, -0.15) is 0 Å². The summed E-state index contributed by atoms with van der Waals surface area (Å²) in [5.41, 5.74) is 6.70. The third-order valence-electron chi connectivity index (χ3n) is 2.35. The molecular weight excluding hydrogens is 192 g/mol. The van der Waals surface area contributed by atoms with Gasteiger partial charge in [0, 0.05) is 23.0 Å². The van der Waals surface area contributed by atoms with Gasteiger partial charge in [-0.1, -0.05) is 0 Å². The van der Waals surface area contributed by atoms with Crippen LogP contribution >= 0.6 is 0 Å². The van der Waals surface area contributed by atoms with Crippen LogP contribution in [0.3, 0.4) is 0 Å². The molecule has 2 aromatic rings. The van der Waals surface area contributed by atoms with Gasteiger partial charge in [-0.25, -0.2) is 0 Å². The van der Waals surface area contributed by atoms with Crippen LogP contribution in [-0.4, -0.2) is 12.1 Å². The summed E-state index contributed by atoms with van der Waals surface area (Å²) in [5, 5.41) is 0.925. The van der Waals surface area contributed by atoms with E-state index in [1.54, 1.807) is 19.2 Å². The standard InChI is InChI=1S/C11H12N2O2/c1-15-9-2-3-10-7(5-9)4-8(6-12)11(14)13-10/h2-5H,6,12H2,1H3,(H,13,14). The Bertz CT molecular complexity index is 546. The van der Waals surface area contributed by atoms with Crippen molar-refractivity contribution in [3.05, 3.63) is 40.2 Å². The summed E-state index contributed by atoms with van der Waals surface area (Å²) >= 11 is 0. The molecule has 0 aliphatic heterocycles. The maximum atomic E-state index is 11.5. The lowest BCUT2D eigenvalue weighted by Crippen LogP contribution is -2.15. The first kappa shape index (κ1) is 9.73. The summed E-state index contributed by atoms with van der Waals surface area (Å²) in [5.74, 6) is 0.762. The monoisotopic (exact) mass is 204 g/mol. The molecule has 0 saturated carbocycles. The molecule has 0 unspecified atom stereocenters. The molecule has 0 bridgehead atoms. The molecule has 0 spiro atoms. The molecule has 1 aromatic carbocycles. The van der Waals surface area contributed by atoms with E-state index in [-0.39, 0.29) is 12.1 Å². The lowest BCUT2D eigenvalue weighted by molar-refractivity contribution is 0.415. The number of nitrogens with one attached hydrogen (secondary N) is 1. The fourth-order valence-electron chi connectivity index (χ4n) is 1.51. The van der Waals surface area contributed by atoms with E-state index in [1.165, 1.54) is 0 Å². The molecule has 0 saturated heterocycles. The van der Waals surface area contributed by atoms with E-state index in [4.69, 9.17) is 10.5 Å². The Morgan fingerprint density at radius 2 is 2.20 bits per heavy atom. The average Bonchev–Trinajstić information content (AvgIpc) is 2.27. The molecule has 4 heteroatoms. The minimum absolute atomic E-state index is 0.129. The Morgan fingerprint density at radius 1 is 1.40 bits per heavy atom. The van der Waals surface area contributed by atoms with Crippen molar-refractivity contribution in [2.75, 3.05) is 7.11 Å². The molecule has 0 radical (unpaired) electrons. The highest BCUT2D eigenvalue weighted by Gasteiger charge is 2.01. The van der Waals surface area contributed by atoms with Gasteiger partial charge in [0.05, 0.1) is 7.11 Å². The Labute approximate surface area is 86.7 Å². The number of fused-ring (bicyclic) bond motifs is 1. The van der Waals surface area contributed by atoms with E-state index >= 15 is 0 Å². The largest absolute Gasteiger partial charge is 0.497 e. The van der Waals surface area contributed by atoms with E-state index in [2.05, 4.69) is 4.98 Å². The number of methoxy groups -OCH3 is 1. The maximum absolute atomic E-state index is 11.5. The van der Waals surface area contributed by atoms with Gasteiger partial charge >= 0.3 is 0 Å². The zero-order chi connectivity index (χ0) is 10.8. The molecule has 0 atom stereocenters. The number of rotatable bonds is 2. The third kappa shape index (κ3) is 1.71. The van der Waals surface area contributed by atoms with Gasteiger partial charge in [-0.3, -0.25) is 4.79 Å². The van der Waals surface area contributed by atoms with E-state index in [0.717, 1.165) is 16.7 Å². The molecule has 0 fully saturated rings. The summed E-state index contributed by atoms with van der Waals surface area (Å²) in [6.07, 6.45) is 0. The van der Waals surface area contributed by atoms with Crippen LogP contribution in [0.25, 0.3) is 10.9 Å². The van der Waals surface area contributed by atoms with Crippen molar-refractivity contribution in [2.45, 2.75) is 6.54 Å². The van der Waals surface area contributed by atoms with Crippen LogP contribution in [0.5, 0.6) is 5.75 Å². The van der Waals surface area contributed by atoms with Crippen LogP contribution < -0.4 is 16.0 Å². The first-order valence-electron chi connectivity index (χ1n) is 4.64. The minimum Gasteiger partial charge on any atom is -0.497 e. The van der Waals surface area contributed by atoms with Crippen LogP contribution in [0.15, 0.2) is 29.1 Å². The predicted molar refractivity (Wildman–Crippen MR) is 59.0 cm³/mol. The zero-order valence-corrected chi connectivity index (χ0v) is 8.41. The van der Waals surface area contributed by atoms with Crippen molar-refractivity contribution < 1.29 is 4.74 Å². The summed E-state index contributed by atoms with van der Waals surface area (Å²) in [6, 6.07) is 7.28. The Hall–Kier alpha value is -1.81. The van der Waals surface area contributed by atoms with E-state index < -0.39 is 0 Å². The minimum atomic E-state index is -0.129. The molecule has 15 heavy (non-hydrogen) atoms. The number of hydrogen-bond acceptors (Lipinski definition) is 3. The van der Waals surface area contributed by atoms with Gasteiger partial charge in [-0.15, -0.1) is 0 Å². The predicted octanol–water partition coefficient (Wildman–Crippen LogP) is 0.995. The summed E-state index contributed by atoms with van der Waals surface area (Å²) < 4.78 is 5.10. The lowest BCUT2D eigenvalue weighted by atomic mass is 10.1. The molecule has 0 aliphatic rings. The van der Waals surface area contributed by atoms with Crippen molar-refractivity contribution in [2.24, 2.45) is 5.73 Å². The van der Waals surface area contributed by atoms with E-state index in [9.17, 15) is 4.79 Å². The second-order valence-electron chi connectivity index (χ2n) is 3.28. The molecule has 0 aliphatic carbocycles. The first-order valence-corrected chi connectivity index (χ1v) is 4.64. The maximum Gasteiger partial charge on any atom is 0.252 e. The summed E-state index contributed by atoms with van der Waals surface area (Å²) in [4.78, 5) is 14.2. The van der Waals surface area contributed by atoms with Crippen molar-refractivity contribution in [3.8, 4) is 5.75 Å². The highest BCUT2D eigenvalue weighted by Crippen LogP contribution is 2.18. The first-order chi connectivity index (χ1) is 7.24. The SMILES string of the molecule is COc1ccc2[nH]c(=O)c(CN)cc2c1. The molecule has 2 rings (SSSR count). The number of aromatic nitrogens is 1. The van der Waals surface area contributed by atoms with Gasteiger partial charge in [-0.05, 0) is 24.3 Å². The normalized spacial score (nSPS) is 10.5. The second kappa shape index (κ2) is 3.74. The average molecular weight is 204 g/mol. The number of hydrogen-bond donors (Lipinski definition) is 2. The molecule has 1 heterocycles. The molecule has 78 valence electrons. The molecule has 1 aromatic heterocycles. The van der Waals surface area contributed by atoms with Gasteiger partial charge in [0.2, 0.25) is 0 Å². The lowest BCUT2D eigenvalue weighted by Gasteiger charge is -2.03. The number of aromatic amines is 1. The number of nitrogens with two attached hydrogens (primary N) is 1. The molecule has 3 N–H and O–H groups in total. The highest BCUT2D eigenvalue weighted by molar-refractivity contribution is 5.80. The van der Waals surface area contributed by atoms with Crippen LogP contribution in [0, 0.1) is 0 Å². The van der Waals surface area contributed by atoms with Crippen molar-refractivity contribution in [1.82, 2.24) is 4.98 Å². The number of ether oxygens (including phenoxy) is 1. The quantitative estimate of drug-likeness (QED) is 0.766. The Kier molecular flexibility index (Phi) is 2.43. The van der Waals surface area contributed by atoms with Crippen molar-refractivity contribution >= 4 is 10.9 Å². The fraction of sp³-hybridized carbons (Fsp3) is 0.182. The van der Waals surface area contributed by atoms with Gasteiger partial charge in [0.1, 0.15) is 5.75 Å². The van der Waals surface area contributed by atoms with Gasteiger partial charge in [0.25, 0.3) is 5.56 Å². The van der Waals surface area contributed by atoms with Crippen LogP contribution in [-0.2, 0) is 6.54 Å². The van der Waals surface area contributed by atoms with Crippen LogP contribution in [0.2, 0.25) is 0 Å². The Balaban J connectivity index is 2.71. The van der Waals surface area contributed by atoms with Crippen LogP contribution in [0.1, 0.15) is 5.56 Å². The molecule has 0 amide bonds. The van der Waals surface area contributed by atoms with Crippen molar-refractivity contribution in [3.63, 3.8) is 0 Å².